The Bertz CT molecular complexity index is 346. The van der Waals surface area contributed by atoms with Gasteiger partial charge in [0.2, 0.25) is 5.91 Å². The van der Waals surface area contributed by atoms with E-state index in [1.54, 1.807) is 12.3 Å². The van der Waals surface area contributed by atoms with Crippen molar-refractivity contribution in [2.24, 2.45) is 0 Å². The molecule has 0 saturated carbocycles. The first-order valence-electron chi connectivity index (χ1n) is 5.90. The number of nitrogens with two attached hydrogens (primary N) is 1. The lowest BCUT2D eigenvalue weighted by Gasteiger charge is -2.18. The zero-order valence-electron chi connectivity index (χ0n) is 10.4. The van der Waals surface area contributed by atoms with E-state index in [0.717, 1.165) is 18.8 Å². The first kappa shape index (κ1) is 13.3. The molecule has 0 unspecified atom stereocenters. The Hall–Kier alpha value is -1.78. The number of amides is 1. The predicted octanol–water partition coefficient (Wildman–Crippen LogP) is 1.33. The number of carbonyl (C=O) groups excluding carboxylic acids is 1. The van der Waals surface area contributed by atoms with Crippen molar-refractivity contribution >= 4 is 17.4 Å². The summed E-state index contributed by atoms with van der Waals surface area (Å²) in [6.07, 6.45) is 2.16. The standard InChI is InChI=1S/C12H20N4O/c1-3-16(4-2)12(17)7-8-14-10-5-6-11(13)15-9-10/h5-6,9,14H,3-4,7-8H2,1-2H3,(H2,13,15). The molecule has 0 aliphatic rings. The molecular weight excluding hydrogens is 216 g/mol. The highest BCUT2D eigenvalue weighted by atomic mass is 16.2. The molecule has 17 heavy (non-hydrogen) atoms. The second-order valence-electron chi connectivity index (χ2n) is 3.71. The van der Waals surface area contributed by atoms with Crippen LogP contribution in [-0.2, 0) is 4.79 Å². The smallest absolute Gasteiger partial charge is 0.224 e. The Labute approximate surface area is 102 Å². The number of carbonyl (C=O) groups is 1. The van der Waals surface area contributed by atoms with Crippen LogP contribution in [0.5, 0.6) is 0 Å². The zero-order valence-corrected chi connectivity index (χ0v) is 10.4. The van der Waals surface area contributed by atoms with Crippen molar-refractivity contribution in [1.29, 1.82) is 0 Å². The molecule has 0 aliphatic heterocycles. The van der Waals surface area contributed by atoms with Gasteiger partial charge in [-0.1, -0.05) is 0 Å². The van der Waals surface area contributed by atoms with Crippen LogP contribution in [0.1, 0.15) is 20.3 Å². The van der Waals surface area contributed by atoms with Gasteiger partial charge in [-0.15, -0.1) is 0 Å². The minimum absolute atomic E-state index is 0.172. The second kappa shape index (κ2) is 6.73. The van der Waals surface area contributed by atoms with Gasteiger partial charge in [-0.3, -0.25) is 4.79 Å². The predicted molar refractivity (Wildman–Crippen MR) is 69.7 cm³/mol. The van der Waals surface area contributed by atoms with E-state index >= 15 is 0 Å². The van der Waals surface area contributed by atoms with Gasteiger partial charge in [0, 0.05) is 26.1 Å². The normalized spacial score (nSPS) is 10.0. The number of hydrogen-bond donors (Lipinski definition) is 2. The number of nitrogens with one attached hydrogen (secondary N) is 1. The Morgan fingerprint density at radius 3 is 2.65 bits per heavy atom. The summed E-state index contributed by atoms with van der Waals surface area (Å²) in [5, 5.41) is 3.14. The van der Waals surface area contributed by atoms with E-state index in [-0.39, 0.29) is 5.91 Å². The van der Waals surface area contributed by atoms with Crippen LogP contribution in [-0.4, -0.2) is 35.4 Å². The Balaban J connectivity index is 2.32. The molecule has 1 aromatic rings. The zero-order chi connectivity index (χ0) is 12.7. The lowest BCUT2D eigenvalue weighted by molar-refractivity contribution is -0.130. The van der Waals surface area contributed by atoms with Crippen molar-refractivity contribution in [3.05, 3.63) is 18.3 Å². The number of aromatic nitrogens is 1. The van der Waals surface area contributed by atoms with Gasteiger partial charge in [0.25, 0.3) is 0 Å². The molecular formula is C12H20N4O. The van der Waals surface area contributed by atoms with Crippen molar-refractivity contribution in [1.82, 2.24) is 9.88 Å². The lowest BCUT2D eigenvalue weighted by Crippen LogP contribution is -2.31. The van der Waals surface area contributed by atoms with Crippen LogP contribution in [0.4, 0.5) is 11.5 Å². The molecule has 0 radical (unpaired) electrons. The first-order chi connectivity index (χ1) is 8.17. The van der Waals surface area contributed by atoms with Gasteiger partial charge in [-0.2, -0.15) is 0 Å². The van der Waals surface area contributed by atoms with E-state index in [4.69, 9.17) is 5.73 Å². The van der Waals surface area contributed by atoms with Crippen molar-refractivity contribution in [2.75, 3.05) is 30.7 Å². The quantitative estimate of drug-likeness (QED) is 0.781. The molecule has 5 heteroatoms. The van der Waals surface area contributed by atoms with Gasteiger partial charge in [0.05, 0.1) is 11.9 Å². The van der Waals surface area contributed by atoms with Gasteiger partial charge in [0.1, 0.15) is 5.82 Å². The molecule has 1 aromatic heterocycles. The van der Waals surface area contributed by atoms with E-state index in [1.165, 1.54) is 0 Å². The molecule has 94 valence electrons. The van der Waals surface area contributed by atoms with E-state index in [9.17, 15) is 4.79 Å². The average molecular weight is 236 g/mol. The van der Waals surface area contributed by atoms with Gasteiger partial charge in [-0.05, 0) is 26.0 Å². The molecule has 3 N–H and O–H groups in total. The highest BCUT2D eigenvalue weighted by Crippen LogP contribution is 2.06. The van der Waals surface area contributed by atoms with Crippen LogP contribution in [0.2, 0.25) is 0 Å². The van der Waals surface area contributed by atoms with Crippen LogP contribution in [0, 0.1) is 0 Å². The summed E-state index contributed by atoms with van der Waals surface area (Å²) in [4.78, 5) is 17.5. The molecule has 0 atom stereocenters. The van der Waals surface area contributed by atoms with Crippen LogP contribution >= 0.6 is 0 Å². The minimum Gasteiger partial charge on any atom is -0.384 e. The molecule has 0 fully saturated rings. The SMILES string of the molecule is CCN(CC)C(=O)CCNc1ccc(N)nc1. The molecule has 0 aromatic carbocycles. The van der Waals surface area contributed by atoms with Crippen molar-refractivity contribution < 1.29 is 4.79 Å². The van der Waals surface area contributed by atoms with Crippen molar-refractivity contribution in [3.8, 4) is 0 Å². The monoisotopic (exact) mass is 236 g/mol. The third-order valence-corrected chi connectivity index (χ3v) is 2.57. The maximum absolute atomic E-state index is 11.7. The van der Waals surface area contributed by atoms with Crippen LogP contribution in [0.3, 0.4) is 0 Å². The van der Waals surface area contributed by atoms with E-state index in [0.29, 0.717) is 18.8 Å². The third-order valence-electron chi connectivity index (χ3n) is 2.57. The molecule has 1 rings (SSSR count). The van der Waals surface area contributed by atoms with Gasteiger partial charge in [0.15, 0.2) is 0 Å². The summed E-state index contributed by atoms with van der Waals surface area (Å²) in [5.74, 6) is 0.667. The molecule has 0 bridgehead atoms. The fourth-order valence-corrected chi connectivity index (χ4v) is 1.56. The second-order valence-corrected chi connectivity index (χ2v) is 3.71. The number of anilines is 2. The minimum atomic E-state index is 0.172. The van der Waals surface area contributed by atoms with E-state index < -0.39 is 0 Å². The van der Waals surface area contributed by atoms with Gasteiger partial charge < -0.3 is 16.0 Å². The number of pyridine rings is 1. The summed E-state index contributed by atoms with van der Waals surface area (Å²) >= 11 is 0. The summed E-state index contributed by atoms with van der Waals surface area (Å²) in [5.41, 5.74) is 6.36. The summed E-state index contributed by atoms with van der Waals surface area (Å²) in [6, 6.07) is 3.58. The maximum Gasteiger partial charge on any atom is 0.224 e. The van der Waals surface area contributed by atoms with Crippen LogP contribution in [0.25, 0.3) is 0 Å². The highest BCUT2D eigenvalue weighted by molar-refractivity contribution is 5.76. The van der Waals surface area contributed by atoms with E-state index in [2.05, 4.69) is 10.3 Å². The van der Waals surface area contributed by atoms with Crippen molar-refractivity contribution in [2.45, 2.75) is 20.3 Å². The Morgan fingerprint density at radius 2 is 2.12 bits per heavy atom. The number of nitrogen functional groups attached to an aromatic ring is 1. The van der Waals surface area contributed by atoms with Gasteiger partial charge in [-0.25, -0.2) is 4.98 Å². The third kappa shape index (κ3) is 4.30. The summed E-state index contributed by atoms with van der Waals surface area (Å²) in [6.45, 7) is 6.11. The van der Waals surface area contributed by atoms with Crippen molar-refractivity contribution in [3.63, 3.8) is 0 Å². The maximum atomic E-state index is 11.7. The first-order valence-corrected chi connectivity index (χ1v) is 5.90. The number of hydrogen-bond acceptors (Lipinski definition) is 4. The fraction of sp³-hybridized carbons (Fsp3) is 0.500. The Kier molecular flexibility index (Phi) is 5.26. The lowest BCUT2D eigenvalue weighted by atomic mass is 10.3. The molecule has 1 amide bonds. The highest BCUT2D eigenvalue weighted by Gasteiger charge is 2.08. The number of rotatable bonds is 6. The largest absolute Gasteiger partial charge is 0.384 e. The van der Waals surface area contributed by atoms with E-state index in [1.807, 2.05) is 24.8 Å². The molecule has 0 spiro atoms. The van der Waals surface area contributed by atoms with Gasteiger partial charge >= 0.3 is 0 Å². The fourth-order valence-electron chi connectivity index (χ4n) is 1.56. The van der Waals surface area contributed by atoms with Crippen LogP contribution < -0.4 is 11.1 Å². The summed E-state index contributed by atoms with van der Waals surface area (Å²) < 4.78 is 0. The molecule has 1 heterocycles. The topological polar surface area (TPSA) is 71.2 Å². The molecule has 5 nitrogen and oxygen atoms in total. The Morgan fingerprint density at radius 1 is 1.41 bits per heavy atom. The summed E-state index contributed by atoms with van der Waals surface area (Å²) in [7, 11) is 0. The van der Waals surface area contributed by atoms with Crippen LogP contribution in [0.15, 0.2) is 18.3 Å². The average Bonchev–Trinajstić information content (AvgIpc) is 2.33. The molecule has 0 aliphatic carbocycles. The number of nitrogens with zero attached hydrogens (tertiary/aromatic N) is 2. The molecule has 0 saturated heterocycles.